The van der Waals surface area contributed by atoms with Gasteiger partial charge in [0, 0.05) is 26.1 Å². The van der Waals surface area contributed by atoms with Gasteiger partial charge in [0.05, 0.1) is 24.9 Å². The average Bonchev–Trinajstić information content (AvgIpc) is 2.70. The first-order chi connectivity index (χ1) is 13.4. The quantitative estimate of drug-likeness (QED) is 0.135. The van der Waals surface area contributed by atoms with E-state index in [0.29, 0.717) is 26.3 Å². The molecule has 3 atom stereocenters. The molecule has 0 spiro atoms. The highest BCUT2D eigenvalue weighted by molar-refractivity contribution is 5.86. The lowest BCUT2D eigenvalue weighted by atomic mass is 10.0. The van der Waals surface area contributed by atoms with E-state index in [0.717, 1.165) is 13.1 Å². The van der Waals surface area contributed by atoms with E-state index in [4.69, 9.17) is 0 Å². The van der Waals surface area contributed by atoms with Crippen LogP contribution in [0.15, 0.2) is 0 Å². The Hall–Kier alpha value is -1.30. The van der Waals surface area contributed by atoms with Crippen molar-refractivity contribution in [2.24, 2.45) is 5.92 Å². The van der Waals surface area contributed by atoms with E-state index in [1.54, 1.807) is 7.05 Å². The Labute approximate surface area is 170 Å². The Morgan fingerprint density at radius 3 is 1.93 bits per heavy atom. The number of carbonyl (C=O) groups excluding carboxylic acids is 2. The third-order valence-electron chi connectivity index (χ3n) is 4.63. The molecule has 166 valence electrons. The second-order valence-electron chi connectivity index (χ2n) is 6.68. The minimum atomic E-state index is -0.463. The van der Waals surface area contributed by atoms with Crippen molar-refractivity contribution in [1.82, 2.24) is 42.1 Å². The minimum Gasteiger partial charge on any atom is -0.343 e. The molecule has 0 saturated heterocycles. The maximum Gasteiger partial charge on any atom is 0.225 e. The molecule has 2 amide bonds. The Morgan fingerprint density at radius 1 is 0.857 bits per heavy atom. The van der Waals surface area contributed by atoms with Crippen LogP contribution in [0.25, 0.3) is 0 Å². The predicted octanol–water partition coefficient (Wildman–Crippen LogP) is -2.36. The van der Waals surface area contributed by atoms with E-state index in [2.05, 4.69) is 56.0 Å². The highest BCUT2D eigenvalue weighted by atomic mass is 16.2. The zero-order valence-electron chi connectivity index (χ0n) is 18.4. The third-order valence-corrected chi connectivity index (χ3v) is 4.63. The molecule has 0 aliphatic heterocycles. The van der Waals surface area contributed by atoms with E-state index in [1.165, 1.54) is 0 Å². The first-order valence-electron chi connectivity index (χ1n) is 10.1. The summed E-state index contributed by atoms with van der Waals surface area (Å²) in [5.41, 5.74) is 0. The molecule has 0 radical (unpaired) electrons. The summed E-state index contributed by atoms with van der Waals surface area (Å²) in [5.74, 6) is -0.743. The number of hydrogen-bond donors (Lipinski definition) is 7. The topological polar surface area (TPSA) is 122 Å². The van der Waals surface area contributed by atoms with Crippen LogP contribution in [0.1, 0.15) is 20.3 Å². The van der Waals surface area contributed by atoms with Crippen LogP contribution in [-0.4, -0.2) is 96.6 Å². The van der Waals surface area contributed by atoms with Gasteiger partial charge in [-0.1, -0.05) is 13.8 Å². The lowest BCUT2D eigenvalue weighted by molar-refractivity contribution is -0.131. The molecule has 0 aliphatic carbocycles. The lowest BCUT2D eigenvalue weighted by Gasteiger charge is -2.25. The summed E-state index contributed by atoms with van der Waals surface area (Å²) in [6, 6.07) is 0. The fourth-order valence-corrected chi connectivity index (χ4v) is 2.71. The Bertz CT molecular complexity index is 420. The normalized spacial score (nSPS) is 14.5. The third kappa shape index (κ3) is 11.5. The zero-order valence-corrected chi connectivity index (χ0v) is 18.4. The minimum absolute atomic E-state index is 0.0143. The standard InChI is InChI=1S/C18H42N8O2/c1-7-26(8-2)13-24-18(28)14(10-23-15(21-5)11-19-3)9-17(27)25-16(22-6)12-20-4/h14-16,19-23H,7-13H2,1-6H3,(H,24,28)(H,25,27). The molecule has 3 unspecified atom stereocenters. The van der Waals surface area contributed by atoms with Gasteiger partial charge < -0.3 is 31.9 Å². The molecule has 0 bridgehead atoms. The summed E-state index contributed by atoms with van der Waals surface area (Å²) >= 11 is 0. The van der Waals surface area contributed by atoms with E-state index in [-0.39, 0.29) is 30.6 Å². The first-order valence-corrected chi connectivity index (χ1v) is 10.1. The molecule has 0 fully saturated rings. The zero-order chi connectivity index (χ0) is 21.4. The number of rotatable bonds is 17. The number of nitrogens with zero attached hydrogens (tertiary/aromatic N) is 1. The van der Waals surface area contributed by atoms with Crippen LogP contribution in [0.3, 0.4) is 0 Å². The van der Waals surface area contributed by atoms with Crippen molar-refractivity contribution in [2.45, 2.75) is 32.6 Å². The second-order valence-corrected chi connectivity index (χ2v) is 6.68. The van der Waals surface area contributed by atoms with E-state index < -0.39 is 5.92 Å². The molecule has 7 N–H and O–H groups in total. The molecular weight excluding hydrogens is 360 g/mol. The van der Waals surface area contributed by atoms with Crippen LogP contribution in [0.2, 0.25) is 0 Å². The van der Waals surface area contributed by atoms with Gasteiger partial charge in [0.15, 0.2) is 0 Å². The molecule has 0 aromatic rings. The van der Waals surface area contributed by atoms with Crippen LogP contribution in [0.4, 0.5) is 0 Å². The van der Waals surface area contributed by atoms with E-state index >= 15 is 0 Å². The van der Waals surface area contributed by atoms with E-state index in [1.807, 2.05) is 21.1 Å². The SMILES string of the molecule is CCN(CC)CNC(=O)C(CNC(CNC)NC)CC(=O)NC(CNC)NC. The van der Waals surface area contributed by atoms with Crippen molar-refractivity contribution in [3.8, 4) is 0 Å². The number of amides is 2. The fraction of sp³-hybridized carbons (Fsp3) is 0.889. The van der Waals surface area contributed by atoms with Gasteiger partial charge in [-0.2, -0.15) is 0 Å². The molecule has 0 aromatic heterocycles. The molecular formula is C18H42N8O2. The number of likely N-dealkylation sites (N-methyl/N-ethyl adjacent to an activating group) is 4. The fourth-order valence-electron chi connectivity index (χ4n) is 2.71. The molecule has 0 heterocycles. The number of nitrogens with one attached hydrogen (secondary N) is 7. The summed E-state index contributed by atoms with van der Waals surface area (Å²) in [4.78, 5) is 27.3. The average molecular weight is 403 g/mol. The summed E-state index contributed by atoms with van der Waals surface area (Å²) in [7, 11) is 7.33. The smallest absolute Gasteiger partial charge is 0.225 e. The van der Waals surface area contributed by atoms with Gasteiger partial charge in [-0.15, -0.1) is 0 Å². The van der Waals surface area contributed by atoms with Crippen LogP contribution in [0.5, 0.6) is 0 Å². The second kappa shape index (κ2) is 16.6. The van der Waals surface area contributed by atoms with Gasteiger partial charge >= 0.3 is 0 Å². The predicted molar refractivity (Wildman–Crippen MR) is 114 cm³/mol. The Balaban J connectivity index is 4.89. The summed E-state index contributed by atoms with van der Waals surface area (Å²) in [6.45, 7) is 8.02. The van der Waals surface area contributed by atoms with Gasteiger partial charge in [0.25, 0.3) is 0 Å². The van der Waals surface area contributed by atoms with Gasteiger partial charge in [-0.05, 0) is 41.3 Å². The largest absolute Gasteiger partial charge is 0.343 e. The molecule has 0 rings (SSSR count). The van der Waals surface area contributed by atoms with Gasteiger partial charge in [-0.25, -0.2) is 0 Å². The van der Waals surface area contributed by atoms with Gasteiger partial charge in [0.1, 0.15) is 0 Å². The van der Waals surface area contributed by atoms with Crippen LogP contribution in [-0.2, 0) is 9.59 Å². The van der Waals surface area contributed by atoms with Crippen molar-refractivity contribution in [1.29, 1.82) is 0 Å². The molecule has 0 aliphatic rings. The Kier molecular flexibility index (Phi) is 15.9. The highest BCUT2D eigenvalue weighted by Gasteiger charge is 2.24. The number of carbonyl (C=O) groups is 2. The van der Waals surface area contributed by atoms with Crippen molar-refractivity contribution in [3.05, 3.63) is 0 Å². The molecule has 0 aromatic carbocycles. The monoisotopic (exact) mass is 402 g/mol. The summed E-state index contributed by atoms with van der Waals surface area (Å²) in [6.07, 6.45) is -0.0470. The van der Waals surface area contributed by atoms with Crippen LogP contribution >= 0.6 is 0 Å². The lowest BCUT2D eigenvalue weighted by Crippen LogP contribution is -2.53. The maximum atomic E-state index is 12.7. The van der Waals surface area contributed by atoms with Crippen LogP contribution < -0.4 is 37.2 Å². The molecule has 28 heavy (non-hydrogen) atoms. The Morgan fingerprint density at radius 2 is 1.43 bits per heavy atom. The van der Waals surface area contributed by atoms with Crippen LogP contribution in [0, 0.1) is 5.92 Å². The van der Waals surface area contributed by atoms with Crippen molar-refractivity contribution in [3.63, 3.8) is 0 Å². The van der Waals surface area contributed by atoms with E-state index in [9.17, 15) is 9.59 Å². The van der Waals surface area contributed by atoms with Crippen molar-refractivity contribution in [2.75, 3.05) is 67.6 Å². The summed E-state index contributed by atoms with van der Waals surface area (Å²) in [5, 5.41) is 21.5. The highest BCUT2D eigenvalue weighted by Crippen LogP contribution is 2.04. The van der Waals surface area contributed by atoms with Gasteiger partial charge in [0.2, 0.25) is 11.8 Å². The molecule has 10 heteroatoms. The molecule has 0 saturated carbocycles. The van der Waals surface area contributed by atoms with Crippen molar-refractivity contribution < 1.29 is 9.59 Å². The summed E-state index contributed by atoms with van der Waals surface area (Å²) < 4.78 is 0. The maximum absolute atomic E-state index is 12.7. The first kappa shape index (κ1) is 26.7. The van der Waals surface area contributed by atoms with Gasteiger partial charge in [-0.3, -0.25) is 19.8 Å². The van der Waals surface area contributed by atoms with Crippen molar-refractivity contribution >= 4 is 11.8 Å². The number of hydrogen-bond acceptors (Lipinski definition) is 8. The molecule has 10 nitrogen and oxygen atoms in total.